The van der Waals surface area contributed by atoms with Crippen LogP contribution < -0.4 is 16.2 Å². The predicted molar refractivity (Wildman–Crippen MR) is 115 cm³/mol. The predicted octanol–water partition coefficient (Wildman–Crippen LogP) is 2.14. The van der Waals surface area contributed by atoms with Crippen LogP contribution in [0.3, 0.4) is 0 Å². The summed E-state index contributed by atoms with van der Waals surface area (Å²) in [7, 11) is 1.80. The van der Waals surface area contributed by atoms with Gasteiger partial charge in [0.05, 0.1) is 12.1 Å². The number of rotatable bonds is 9. The summed E-state index contributed by atoms with van der Waals surface area (Å²) in [6, 6.07) is 13.6. The Morgan fingerprint density at radius 1 is 1.20 bits per heavy atom. The number of aliphatic hydroxyl groups excluding tert-OH is 1. The van der Waals surface area contributed by atoms with Crippen LogP contribution in [0.5, 0.6) is 0 Å². The van der Waals surface area contributed by atoms with Crippen molar-refractivity contribution in [1.82, 2.24) is 21.1 Å². The van der Waals surface area contributed by atoms with Gasteiger partial charge in [-0.25, -0.2) is 9.82 Å². The third kappa shape index (κ3) is 6.13. The van der Waals surface area contributed by atoms with Gasteiger partial charge >= 0.3 is 0 Å². The summed E-state index contributed by atoms with van der Waals surface area (Å²) >= 11 is 0. The number of carbonyl (C=O) groups is 1. The Morgan fingerprint density at radius 3 is 2.53 bits per heavy atom. The van der Waals surface area contributed by atoms with Crippen LogP contribution in [0.2, 0.25) is 0 Å². The monoisotopic (exact) mass is 412 g/mol. The molecule has 4 N–H and O–H groups in total. The van der Waals surface area contributed by atoms with E-state index in [-0.39, 0.29) is 17.8 Å². The minimum atomic E-state index is -0.677. The maximum Gasteiger partial charge on any atom is 0.253 e. The first-order valence-corrected chi connectivity index (χ1v) is 10.1. The Hall–Kier alpha value is -2.74. The van der Waals surface area contributed by atoms with Crippen molar-refractivity contribution in [2.75, 3.05) is 26.7 Å². The molecule has 30 heavy (non-hydrogen) atoms. The third-order valence-corrected chi connectivity index (χ3v) is 5.11. The molecule has 0 fully saturated rings. The molecule has 160 valence electrons. The molecule has 1 aliphatic rings. The molecule has 0 aliphatic carbocycles. The summed E-state index contributed by atoms with van der Waals surface area (Å²) in [6.07, 6.45) is 2.17. The number of aliphatic hydroxyl groups is 1. The molecule has 0 saturated heterocycles. The van der Waals surface area contributed by atoms with Gasteiger partial charge in [-0.2, -0.15) is 0 Å². The molecule has 0 saturated carbocycles. The smallest absolute Gasteiger partial charge is 0.253 e. The molecule has 0 radical (unpaired) electrons. The Bertz CT molecular complexity index is 868. The number of hydrogen-bond donors (Lipinski definition) is 4. The standard InChI is InChI=1S/C23H29FN4O2/c1-16-13-21(27-26-16)15-28(2)23(30)19-5-3-17(4-6-19)11-12-25-14-22(29)18-7-9-20(24)10-8-18/h3-10,13,21-22,25-27,29H,11-12,14-15H2,1-2H3. The highest BCUT2D eigenvalue weighted by Crippen LogP contribution is 2.13. The highest BCUT2D eigenvalue weighted by molar-refractivity contribution is 5.94. The average molecular weight is 413 g/mol. The molecular weight excluding hydrogens is 383 g/mol. The van der Waals surface area contributed by atoms with E-state index in [2.05, 4.69) is 22.2 Å². The molecule has 1 amide bonds. The molecule has 3 rings (SSSR count). The number of likely N-dealkylation sites (N-methyl/N-ethyl adjacent to an activating group) is 1. The SMILES string of the molecule is CC1=CC(CN(C)C(=O)c2ccc(CCNCC(O)c3ccc(F)cc3)cc2)NN1. The molecule has 2 aromatic rings. The van der Waals surface area contributed by atoms with Gasteiger partial charge in [-0.05, 0) is 61.4 Å². The van der Waals surface area contributed by atoms with E-state index in [9.17, 15) is 14.3 Å². The largest absolute Gasteiger partial charge is 0.387 e. The van der Waals surface area contributed by atoms with Gasteiger partial charge in [0, 0.05) is 31.4 Å². The lowest BCUT2D eigenvalue weighted by molar-refractivity contribution is 0.0787. The fourth-order valence-electron chi connectivity index (χ4n) is 3.38. The number of halogens is 1. The zero-order valence-electron chi connectivity index (χ0n) is 17.4. The second kappa shape index (κ2) is 10.3. The first-order valence-electron chi connectivity index (χ1n) is 10.1. The second-order valence-corrected chi connectivity index (χ2v) is 7.63. The quantitative estimate of drug-likeness (QED) is 0.475. The number of hydrazine groups is 1. The molecule has 2 atom stereocenters. The molecule has 0 aromatic heterocycles. The van der Waals surface area contributed by atoms with Crippen LogP contribution in [0, 0.1) is 5.82 Å². The maximum atomic E-state index is 12.9. The van der Waals surface area contributed by atoms with Gasteiger partial charge in [0.1, 0.15) is 5.82 Å². The summed E-state index contributed by atoms with van der Waals surface area (Å²) in [5.74, 6) is -0.326. The first kappa shape index (κ1) is 22.0. The molecule has 7 heteroatoms. The van der Waals surface area contributed by atoms with Crippen molar-refractivity contribution in [3.8, 4) is 0 Å². The van der Waals surface area contributed by atoms with E-state index in [0.717, 1.165) is 17.7 Å². The van der Waals surface area contributed by atoms with Crippen LogP contribution in [0.1, 0.15) is 34.5 Å². The molecule has 2 aromatic carbocycles. The van der Waals surface area contributed by atoms with Crippen molar-refractivity contribution in [1.29, 1.82) is 0 Å². The molecular formula is C23H29FN4O2. The minimum Gasteiger partial charge on any atom is -0.387 e. The average Bonchev–Trinajstić information content (AvgIpc) is 3.16. The van der Waals surface area contributed by atoms with Gasteiger partial charge in [0.2, 0.25) is 0 Å². The third-order valence-electron chi connectivity index (χ3n) is 5.11. The number of benzene rings is 2. The lowest BCUT2D eigenvalue weighted by atomic mass is 10.1. The highest BCUT2D eigenvalue weighted by atomic mass is 19.1. The summed E-state index contributed by atoms with van der Waals surface area (Å²) in [5.41, 5.74) is 9.68. The Morgan fingerprint density at radius 2 is 1.90 bits per heavy atom. The van der Waals surface area contributed by atoms with Crippen molar-refractivity contribution >= 4 is 5.91 Å². The van der Waals surface area contributed by atoms with Gasteiger partial charge in [-0.1, -0.05) is 24.3 Å². The molecule has 2 unspecified atom stereocenters. The van der Waals surface area contributed by atoms with E-state index < -0.39 is 6.10 Å². The van der Waals surface area contributed by atoms with Crippen LogP contribution in [-0.2, 0) is 6.42 Å². The zero-order chi connectivity index (χ0) is 21.5. The summed E-state index contributed by atoms with van der Waals surface area (Å²) in [5, 5.41) is 13.3. The van der Waals surface area contributed by atoms with Gasteiger partial charge in [0.15, 0.2) is 0 Å². The molecule has 1 heterocycles. The maximum absolute atomic E-state index is 12.9. The second-order valence-electron chi connectivity index (χ2n) is 7.63. The number of nitrogens with zero attached hydrogens (tertiary/aromatic N) is 1. The van der Waals surface area contributed by atoms with Crippen molar-refractivity contribution in [3.05, 3.63) is 82.8 Å². The summed E-state index contributed by atoms with van der Waals surface area (Å²) in [4.78, 5) is 14.3. The topological polar surface area (TPSA) is 76.6 Å². The Balaban J connectivity index is 1.41. The van der Waals surface area contributed by atoms with Gasteiger partial charge in [-0.15, -0.1) is 0 Å². The van der Waals surface area contributed by atoms with Crippen LogP contribution in [0.25, 0.3) is 0 Å². The zero-order valence-corrected chi connectivity index (χ0v) is 17.4. The Kier molecular flexibility index (Phi) is 7.57. The van der Waals surface area contributed by atoms with E-state index >= 15 is 0 Å². The van der Waals surface area contributed by atoms with Gasteiger partial charge in [0.25, 0.3) is 5.91 Å². The fourth-order valence-corrected chi connectivity index (χ4v) is 3.38. The van der Waals surface area contributed by atoms with Crippen molar-refractivity contribution in [3.63, 3.8) is 0 Å². The number of amides is 1. The van der Waals surface area contributed by atoms with Crippen LogP contribution in [-0.4, -0.2) is 48.6 Å². The lowest BCUT2D eigenvalue weighted by Crippen LogP contribution is -2.41. The van der Waals surface area contributed by atoms with Crippen LogP contribution >= 0.6 is 0 Å². The normalized spacial score (nSPS) is 16.7. The summed E-state index contributed by atoms with van der Waals surface area (Å²) in [6.45, 7) is 3.65. The first-order chi connectivity index (χ1) is 14.4. The van der Waals surface area contributed by atoms with Crippen LogP contribution in [0.4, 0.5) is 4.39 Å². The van der Waals surface area contributed by atoms with Crippen molar-refractivity contribution in [2.45, 2.75) is 25.5 Å². The molecule has 0 spiro atoms. The number of nitrogens with one attached hydrogen (secondary N) is 3. The van der Waals surface area contributed by atoms with E-state index in [1.807, 2.05) is 31.2 Å². The lowest BCUT2D eigenvalue weighted by Gasteiger charge is -2.20. The summed E-state index contributed by atoms with van der Waals surface area (Å²) < 4.78 is 12.9. The molecule has 0 bridgehead atoms. The van der Waals surface area contributed by atoms with Crippen molar-refractivity contribution < 1.29 is 14.3 Å². The fraction of sp³-hybridized carbons (Fsp3) is 0.348. The number of hydrogen-bond acceptors (Lipinski definition) is 5. The number of allylic oxidation sites excluding steroid dienone is 1. The van der Waals surface area contributed by atoms with E-state index in [1.165, 1.54) is 12.1 Å². The van der Waals surface area contributed by atoms with Crippen LogP contribution in [0.15, 0.2) is 60.3 Å². The van der Waals surface area contributed by atoms with E-state index in [1.54, 1.807) is 24.1 Å². The Labute approximate surface area is 176 Å². The van der Waals surface area contributed by atoms with E-state index in [0.29, 0.717) is 30.8 Å². The van der Waals surface area contributed by atoms with Gasteiger partial charge in [-0.3, -0.25) is 4.79 Å². The van der Waals surface area contributed by atoms with Crippen molar-refractivity contribution in [2.24, 2.45) is 0 Å². The van der Waals surface area contributed by atoms with E-state index in [4.69, 9.17) is 0 Å². The molecule has 6 nitrogen and oxygen atoms in total. The number of carbonyl (C=O) groups excluding carboxylic acids is 1. The molecule has 1 aliphatic heterocycles. The minimum absolute atomic E-state index is 0.0122. The highest BCUT2D eigenvalue weighted by Gasteiger charge is 2.18. The van der Waals surface area contributed by atoms with Gasteiger partial charge < -0.3 is 20.7 Å².